The average Bonchev–Trinajstić information content (AvgIpc) is 2.54. The summed E-state index contributed by atoms with van der Waals surface area (Å²) >= 11 is 6.11. The van der Waals surface area contributed by atoms with E-state index in [1.165, 1.54) is 7.11 Å². The van der Waals surface area contributed by atoms with Crippen LogP contribution >= 0.6 is 11.6 Å². The van der Waals surface area contributed by atoms with Crippen molar-refractivity contribution in [3.05, 3.63) is 53.1 Å². The number of nitrogens with one attached hydrogen (secondary N) is 1. The highest BCUT2D eigenvalue weighted by Crippen LogP contribution is 2.36. The smallest absolute Gasteiger partial charge is 0.341 e. The number of nitrogens with zero attached hydrogens (tertiary/aromatic N) is 1. The summed E-state index contributed by atoms with van der Waals surface area (Å²) in [6.45, 7) is -0.501. The molecule has 120 valence electrons. The number of hydrogen-bond donors (Lipinski definition) is 2. The van der Waals surface area contributed by atoms with Gasteiger partial charge in [0.1, 0.15) is 0 Å². The number of halogens is 1. The molecular formula is C16H15ClN2O4. The molecule has 0 unspecified atom stereocenters. The molecule has 2 N–H and O–H groups in total. The summed E-state index contributed by atoms with van der Waals surface area (Å²) in [5.41, 5.74) is 4.41. The number of hydrazone groups is 1. The van der Waals surface area contributed by atoms with Crippen LogP contribution in [-0.4, -0.2) is 31.0 Å². The van der Waals surface area contributed by atoms with E-state index in [4.69, 9.17) is 26.2 Å². The van der Waals surface area contributed by atoms with Crippen molar-refractivity contribution >= 4 is 29.5 Å². The summed E-state index contributed by atoms with van der Waals surface area (Å²) in [6, 6.07) is 12.7. The summed E-state index contributed by atoms with van der Waals surface area (Å²) in [4.78, 5) is 10.6. The van der Waals surface area contributed by atoms with E-state index in [0.717, 1.165) is 5.69 Å². The van der Waals surface area contributed by atoms with E-state index in [1.54, 1.807) is 18.3 Å². The van der Waals surface area contributed by atoms with Crippen LogP contribution < -0.4 is 14.9 Å². The molecule has 0 saturated heterocycles. The van der Waals surface area contributed by atoms with Crippen molar-refractivity contribution in [2.24, 2.45) is 5.10 Å². The first-order valence-electron chi connectivity index (χ1n) is 6.66. The number of benzene rings is 2. The second-order valence-corrected chi connectivity index (χ2v) is 4.86. The third-order valence-electron chi connectivity index (χ3n) is 2.77. The number of carbonyl (C=O) groups is 1. The molecule has 6 nitrogen and oxygen atoms in total. The summed E-state index contributed by atoms with van der Waals surface area (Å²) in [5, 5.41) is 13.0. The monoisotopic (exact) mass is 334 g/mol. The Morgan fingerprint density at radius 3 is 2.74 bits per heavy atom. The second-order valence-electron chi connectivity index (χ2n) is 4.45. The summed E-state index contributed by atoms with van der Waals surface area (Å²) in [7, 11) is 1.45. The SMILES string of the molecule is COc1cc(/C=N\Nc2ccccc2)cc(Cl)c1OCC(=O)O. The van der Waals surface area contributed by atoms with Crippen molar-refractivity contribution in [3.63, 3.8) is 0 Å². The molecule has 2 aromatic rings. The van der Waals surface area contributed by atoms with Gasteiger partial charge < -0.3 is 14.6 Å². The lowest BCUT2D eigenvalue weighted by Crippen LogP contribution is -2.10. The molecule has 23 heavy (non-hydrogen) atoms. The van der Waals surface area contributed by atoms with E-state index in [1.807, 2.05) is 30.3 Å². The summed E-state index contributed by atoms with van der Waals surface area (Å²) in [5.74, 6) is -0.578. The number of para-hydroxylation sites is 1. The molecule has 0 aliphatic rings. The largest absolute Gasteiger partial charge is 0.493 e. The van der Waals surface area contributed by atoms with Crippen LogP contribution in [0.25, 0.3) is 0 Å². The Balaban J connectivity index is 2.13. The van der Waals surface area contributed by atoms with E-state index in [-0.39, 0.29) is 10.8 Å². The lowest BCUT2D eigenvalue weighted by molar-refractivity contribution is -0.139. The molecular weight excluding hydrogens is 320 g/mol. The topological polar surface area (TPSA) is 80.1 Å². The van der Waals surface area contributed by atoms with E-state index in [9.17, 15) is 4.79 Å². The highest BCUT2D eigenvalue weighted by atomic mass is 35.5. The molecule has 0 aliphatic carbocycles. The van der Waals surface area contributed by atoms with Crippen LogP contribution in [0.1, 0.15) is 5.56 Å². The zero-order chi connectivity index (χ0) is 16.7. The molecule has 2 rings (SSSR count). The molecule has 0 bridgehead atoms. The van der Waals surface area contributed by atoms with E-state index >= 15 is 0 Å². The van der Waals surface area contributed by atoms with Gasteiger partial charge in [0.15, 0.2) is 18.1 Å². The Morgan fingerprint density at radius 2 is 2.09 bits per heavy atom. The van der Waals surface area contributed by atoms with Crippen molar-refractivity contribution in [2.75, 3.05) is 19.1 Å². The van der Waals surface area contributed by atoms with Gasteiger partial charge in [0.2, 0.25) is 0 Å². The van der Waals surface area contributed by atoms with E-state index in [0.29, 0.717) is 11.3 Å². The fourth-order valence-corrected chi connectivity index (χ4v) is 2.06. The number of aliphatic carboxylic acids is 1. The minimum absolute atomic E-state index is 0.185. The lowest BCUT2D eigenvalue weighted by Gasteiger charge is -2.11. The number of carboxylic acid groups (broad SMARTS) is 1. The molecule has 0 amide bonds. The van der Waals surface area contributed by atoms with Gasteiger partial charge in [-0.15, -0.1) is 0 Å². The Hall–Kier alpha value is -2.73. The van der Waals surface area contributed by atoms with Crippen LogP contribution in [0.5, 0.6) is 11.5 Å². The fraction of sp³-hybridized carbons (Fsp3) is 0.125. The predicted molar refractivity (Wildman–Crippen MR) is 88.8 cm³/mol. The first-order valence-corrected chi connectivity index (χ1v) is 7.04. The Morgan fingerprint density at radius 1 is 1.35 bits per heavy atom. The fourth-order valence-electron chi connectivity index (χ4n) is 1.78. The van der Waals surface area contributed by atoms with Gasteiger partial charge in [-0.05, 0) is 29.8 Å². The zero-order valence-electron chi connectivity index (χ0n) is 12.3. The molecule has 0 saturated carbocycles. The quantitative estimate of drug-likeness (QED) is 0.600. The van der Waals surface area contributed by atoms with Crippen LogP contribution in [0, 0.1) is 0 Å². The number of anilines is 1. The predicted octanol–water partition coefficient (Wildman–Crippen LogP) is 3.26. The molecule has 7 heteroatoms. The van der Waals surface area contributed by atoms with Gasteiger partial charge in [0, 0.05) is 0 Å². The molecule has 0 heterocycles. The summed E-state index contributed by atoms with van der Waals surface area (Å²) in [6.07, 6.45) is 1.57. The Bertz CT molecular complexity index is 705. The van der Waals surface area contributed by atoms with Crippen molar-refractivity contribution in [1.29, 1.82) is 0 Å². The maximum Gasteiger partial charge on any atom is 0.341 e. The third kappa shape index (κ3) is 4.89. The van der Waals surface area contributed by atoms with Crippen LogP contribution in [0.15, 0.2) is 47.6 Å². The molecule has 0 atom stereocenters. The molecule has 2 aromatic carbocycles. The van der Waals surface area contributed by atoms with Crippen LogP contribution in [0.2, 0.25) is 5.02 Å². The maximum atomic E-state index is 10.6. The van der Waals surface area contributed by atoms with Crippen molar-refractivity contribution in [3.8, 4) is 11.5 Å². The zero-order valence-corrected chi connectivity index (χ0v) is 13.1. The Labute approximate surface area is 138 Å². The van der Waals surface area contributed by atoms with E-state index < -0.39 is 12.6 Å². The molecule has 0 aromatic heterocycles. The first kappa shape index (κ1) is 16.6. The maximum absolute atomic E-state index is 10.6. The van der Waals surface area contributed by atoms with Gasteiger partial charge in [0.25, 0.3) is 0 Å². The number of methoxy groups -OCH3 is 1. The van der Waals surface area contributed by atoms with Crippen LogP contribution in [0.4, 0.5) is 5.69 Å². The van der Waals surface area contributed by atoms with Gasteiger partial charge in [0.05, 0.1) is 24.0 Å². The normalized spacial score (nSPS) is 10.5. The molecule has 0 fully saturated rings. The lowest BCUT2D eigenvalue weighted by atomic mass is 10.2. The van der Waals surface area contributed by atoms with Crippen molar-refractivity contribution < 1.29 is 19.4 Å². The minimum Gasteiger partial charge on any atom is -0.493 e. The number of carboxylic acids is 1. The average molecular weight is 335 g/mol. The standard InChI is InChI=1S/C16H15ClN2O4/c1-22-14-8-11(7-13(17)16(14)23-10-15(20)21)9-18-19-12-5-3-2-4-6-12/h2-9,19H,10H2,1H3,(H,20,21)/b18-9-. The van der Waals surface area contributed by atoms with Crippen molar-refractivity contribution in [1.82, 2.24) is 0 Å². The third-order valence-corrected chi connectivity index (χ3v) is 3.05. The van der Waals surface area contributed by atoms with Gasteiger partial charge in [-0.25, -0.2) is 4.79 Å². The number of ether oxygens (including phenoxy) is 2. The van der Waals surface area contributed by atoms with Gasteiger partial charge in [-0.3, -0.25) is 5.43 Å². The summed E-state index contributed by atoms with van der Waals surface area (Å²) < 4.78 is 10.3. The van der Waals surface area contributed by atoms with Crippen molar-refractivity contribution in [2.45, 2.75) is 0 Å². The van der Waals surface area contributed by atoms with Gasteiger partial charge in [-0.1, -0.05) is 29.8 Å². The highest BCUT2D eigenvalue weighted by molar-refractivity contribution is 6.32. The highest BCUT2D eigenvalue weighted by Gasteiger charge is 2.13. The number of hydrogen-bond acceptors (Lipinski definition) is 5. The van der Waals surface area contributed by atoms with Gasteiger partial charge >= 0.3 is 5.97 Å². The second kappa shape index (κ2) is 8.05. The van der Waals surface area contributed by atoms with Gasteiger partial charge in [-0.2, -0.15) is 5.10 Å². The molecule has 0 aliphatic heterocycles. The minimum atomic E-state index is -1.10. The molecule has 0 spiro atoms. The molecule has 0 radical (unpaired) electrons. The Kier molecular flexibility index (Phi) is 5.82. The first-order chi connectivity index (χ1) is 11.1. The van der Waals surface area contributed by atoms with Crippen LogP contribution in [-0.2, 0) is 4.79 Å². The van der Waals surface area contributed by atoms with E-state index in [2.05, 4.69) is 10.5 Å². The van der Waals surface area contributed by atoms with Crippen LogP contribution in [0.3, 0.4) is 0 Å². The number of rotatable bonds is 7.